The summed E-state index contributed by atoms with van der Waals surface area (Å²) in [7, 11) is 0. The quantitative estimate of drug-likeness (QED) is 0.772. The van der Waals surface area contributed by atoms with Crippen molar-refractivity contribution in [1.29, 1.82) is 0 Å². The smallest absolute Gasteiger partial charge is 0.345 e. The molecule has 0 spiro atoms. The van der Waals surface area contributed by atoms with E-state index in [4.69, 9.17) is 5.11 Å². The van der Waals surface area contributed by atoms with Gasteiger partial charge < -0.3 is 15.4 Å². The van der Waals surface area contributed by atoms with Crippen LogP contribution < -0.4 is 11.0 Å². The Balaban J connectivity index is 2.15. The molecule has 6 heteroatoms. The normalized spacial score (nSPS) is 10.2. The highest BCUT2D eigenvalue weighted by Crippen LogP contribution is 2.19. The number of aryl methyl sites for hydroxylation is 2. The first-order chi connectivity index (χ1) is 9.54. The van der Waals surface area contributed by atoms with Crippen LogP contribution in [0.4, 0.5) is 11.4 Å². The lowest BCUT2D eigenvalue weighted by Gasteiger charge is -2.09. The SMILES string of the molecule is Cc1[nH]c(=O)ncc1Nc1cccc(CCC(=O)O)c1. The molecule has 0 aliphatic carbocycles. The van der Waals surface area contributed by atoms with E-state index in [1.807, 2.05) is 24.3 Å². The molecule has 2 rings (SSSR count). The number of carboxylic acid groups (broad SMARTS) is 1. The topological polar surface area (TPSA) is 95.1 Å². The Morgan fingerprint density at radius 3 is 2.95 bits per heavy atom. The molecule has 0 saturated carbocycles. The second-order valence-electron chi connectivity index (χ2n) is 4.45. The molecule has 0 aliphatic heterocycles. The number of nitrogens with one attached hydrogen (secondary N) is 2. The number of hydrogen-bond acceptors (Lipinski definition) is 4. The van der Waals surface area contributed by atoms with E-state index in [1.54, 1.807) is 6.92 Å². The van der Waals surface area contributed by atoms with E-state index in [2.05, 4.69) is 15.3 Å². The lowest BCUT2D eigenvalue weighted by Crippen LogP contribution is -2.12. The average molecular weight is 273 g/mol. The van der Waals surface area contributed by atoms with E-state index >= 15 is 0 Å². The molecule has 1 heterocycles. The van der Waals surface area contributed by atoms with Gasteiger partial charge in [-0.25, -0.2) is 4.79 Å². The second kappa shape index (κ2) is 6.01. The van der Waals surface area contributed by atoms with E-state index in [0.29, 0.717) is 17.8 Å². The van der Waals surface area contributed by atoms with E-state index in [0.717, 1.165) is 11.3 Å². The maximum atomic E-state index is 11.0. The first-order valence-corrected chi connectivity index (χ1v) is 6.18. The Labute approximate surface area is 115 Å². The highest BCUT2D eigenvalue weighted by atomic mass is 16.4. The third kappa shape index (κ3) is 3.68. The van der Waals surface area contributed by atoms with Crippen LogP contribution in [0, 0.1) is 6.92 Å². The van der Waals surface area contributed by atoms with Gasteiger partial charge >= 0.3 is 11.7 Å². The number of nitrogens with zero attached hydrogens (tertiary/aromatic N) is 1. The van der Waals surface area contributed by atoms with Gasteiger partial charge in [-0.1, -0.05) is 12.1 Å². The number of benzene rings is 1. The third-order valence-electron chi connectivity index (χ3n) is 2.84. The Bertz CT molecular complexity index is 679. The molecule has 104 valence electrons. The number of aliphatic carboxylic acids is 1. The van der Waals surface area contributed by atoms with Crippen molar-refractivity contribution in [2.45, 2.75) is 19.8 Å². The molecule has 1 aromatic carbocycles. The summed E-state index contributed by atoms with van der Waals surface area (Å²) in [4.78, 5) is 27.9. The summed E-state index contributed by atoms with van der Waals surface area (Å²) < 4.78 is 0. The van der Waals surface area contributed by atoms with Crippen LogP contribution >= 0.6 is 0 Å². The standard InChI is InChI=1S/C14H15N3O3/c1-9-12(8-15-14(20)16-9)17-11-4-2-3-10(7-11)5-6-13(18)19/h2-4,7-8,17H,5-6H2,1H3,(H,18,19)(H,15,16,20). The zero-order valence-electron chi connectivity index (χ0n) is 11.0. The third-order valence-corrected chi connectivity index (χ3v) is 2.84. The van der Waals surface area contributed by atoms with Crippen molar-refractivity contribution in [3.63, 3.8) is 0 Å². The summed E-state index contributed by atoms with van der Waals surface area (Å²) in [6.45, 7) is 1.78. The van der Waals surface area contributed by atoms with Gasteiger partial charge in [0.2, 0.25) is 0 Å². The number of hydrogen-bond donors (Lipinski definition) is 3. The molecule has 0 unspecified atom stereocenters. The summed E-state index contributed by atoms with van der Waals surface area (Å²) in [5, 5.41) is 11.8. The largest absolute Gasteiger partial charge is 0.481 e. The second-order valence-corrected chi connectivity index (χ2v) is 4.45. The number of aromatic amines is 1. The van der Waals surface area contributed by atoms with Crippen LogP contribution in [-0.2, 0) is 11.2 Å². The number of aromatic nitrogens is 2. The molecule has 0 aliphatic rings. The molecule has 0 saturated heterocycles. The van der Waals surface area contributed by atoms with Crippen molar-refractivity contribution >= 4 is 17.3 Å². The van der Waals surface area contributed by atoms with Gasteiger partial charge in [-0.2, -0.15) is 4.98 Å². The monoisotopic (exact) mass is 273 g/mol. The molecule has 0 atom stereocenters. The minimum Gasteiger partial charge on any atom is -0.481 e. The minimum atomic E-state index is -0.816. The van der Waals surface area contributed by atoms with Crippen molar-refractivity contribution in [2.75, 3.05) is 5.32 Å². The van der Waals surface area contributed by atoms with Crippen LogP contribution in [0.25, 0.3) is 0 Å². The summed E-state index contributed by atoms with van der Waals surface area (Å²) in [5.41, 5.74) is 2.78. The predicted octanol–water partition coefficient (Wildman–Crippen LogP) is 1.84. The number of H-pyrrole nitrogens is 1. The molecular formula is C14H15N3O3. The minimum absolute atomic E-state index is 0.0999. The van der Waals surface area contributed by atoms with Crippen LogP contribution in [0.3, 0.4) is 0 Å². The van der Waals surface area contributed by atoms with Gasteiger partial charge in [0.05, 0.1) is 11.9 Å². The fourth-order valence-corrected chi connectivity index (χ4v) is 1.82. The Kier molecular flexibility index (Phi) is 4.14. The Morgan fingerprint density at radius 1 is 1.45 bits per heavy atom. The maximum absolute atomic E-state index is 11.0. The summed E-state index contributed by atoms with van der Waals surface area (Å²) >= 11 is 0. The molecule has 1 aromatic heterocycles. The van der Waals surface area contributed by atoms with Crippen LogP contribution in [0.1, 0.15) is 17.7 Å². The molecule has 2 aromatic rings. The van der Waals surface area contributed by atoms with Gasteiger partial charge in [0.15, 0.2) is 0 Å². The summed E-state index contributed by atoms with van der Waals surface area (Å²) in [6.07, 6.45) is 2.05. The molecular weight excluding hydrogens is 258 g/mol. The van der Waals surface area contributed by atoms with Crippen molar-refractivity contribution in [2.24, 2.45) is 0 Å². The molecule has 3 N–H and O–H groups in total. The highest BCUT2D eigenvalue weighted by Gasteiger charge is 2.03. The van der Waals surface area contributed by atoms with Crippen molar-refractivity contribution in [1.82, 2.24) is 9.97 Å². The van der Waals surface area contributed by atoms with Crippen LogP contribution in [0.15, 0.2) is 35.3 Å². The van der Waals surface area contributed by atoms with E-state index < -0.39 is 5.97 Å². The predicted molar refractivity (Wildman–Crippen MR) is 75.3 cm³/mol. The summed E-state index contributed by atoms with van der Waals surface area (Å²) in [6, 6.07) is 7.49. The zero-order valence-corrected chi connectivity index (χ0v) is 11.0. The van der Waals surface area contributed by atoms with E-state index in [1.165, 1.54) is 6.20 Å². The van der Waals surface area contributed by atoms with Gasteiger partial charge in [-0.05, 0) is 31.0 Å². The maximum Gasteiger partial charge on any atom is 0.345 e. The van der Waals surface area contributed by atoms with Gasteiger partial charge in [-0.3, -0.25) is 4.79 Å². The van der Waals surface area contributed by atoms with E-state index in [9.17, 15) is 9.59 Å². The van der Waals surface area contributed by atoms with Gasteiger partial charge in [0, 0.05) is 17.8 Å². The van der Waals surface area contributed by atoms with Crippen LogP contribution in [0.5, 0.6) is 0 Å². The van der Waals surface area contributed by atoms with Crippen molar-refractivity contribution < 1.29 is 9.90 Å². The molecule has 20 heavy (non-hydrogen) atoms. The average Bonchev–Trinajstić information content (AvgIpc) is 2.40. The fourth-order valence-electron chi connectivity index (χ4n) is 1.82. The molecule has 6 nitrogen and oxygen atoms in total. The lowest BCUT2D eigenvalue weighted by molar-refractivity contribution is -0.136. The number of anilines is 2. The molecule has 0 bridgehead atoms. The van der Waals surface area contributed by atoms with Crippen molar-refractivity contribution in [3.8, 4) is 0 Å². The van der Waals surface area contributed by atoms with Gasteiger partial charge in [0.1, 0.15) is 0 Å². The lowest BCUT2D eigenvalue weighted by atomic mass is 10.1. The summed E-state index contributed by atoms with van der Waals surface area (Å²) in [5.74, 6) is -0.816. The highest BCUT2D eigenvalue weighted by molar-refractivity contribution is 5.67. The molecule has 0 radical (unpaired) electrons. The first kappa shape index (κ1) is 13.8. The van der Waals surface area contributed by atoms with Crippen LogP contribution in [-0.4, -0.2) is 21.0 Å². The first-order valence-electron chi connectivity index (χ1n) is 6.18. The molecule has 0 fully saturated rings. The van der Waals surface area contributed by atoms with E-state index in [-0.39, 0.29) is 12.1 Å². The van der Waals surface area contributed by atoms with Gasteiger partial charge in [0.25, 0.3) is 0 Å². The Morgan fingerprint density at radius 2 is 2.25 bits per heavy atom. The van der Waals surface area contributed by atoms with Gasteiger partial charge in [-0.15, -0.1) is 0 Å². The van der Waals surface area contributed by atoms with Crippen LogP contribution in [0.2, 0.25) is 0 Å². The Hall–Kier alpha value is -2.63. The number of rotatable bonds is 5. The number of carboxylic acids is 1. The zero-order chi connectivity index (χ0) is 14.5. The number of carbonyl (C=O) groups is 1. The molecule has 0 amide bonds. The fraction of sp³-hybridized carbons (Fsp3) is 0.214. The van der Waals surface area contributed by atoms with Crippen molar-refractivity contribution in [3.05, 3.63) is 52.2 Å².